The van der Waals surface area contributed by atoms with Gasteiger partial charge in [-0.25, -0.2) is 0 Å². The Balaban J connectivity index is 1.43. The molecule has 0 aliphatic carbocycles. The maximum Gasteiger partial charge on any atom is 0.232 e. The Morgan fingerprint density at radius 2 is 2.06 bits per heavy atom. The van der Waals surface area contributed by atoms with Crippen molar-refractivity contribution in [2.24, 2.45) is 0 Å². The fraction of sp³-hybridized carbons (Fsp3) is 0.0833. The van der Waals surface area contributed by atoms with Crippen LogP contribution in [0.4, 0.5) is 11.4 Å². The van der Waals surface area contributed by atoms with Crippen molar-refractivity contribution in [2.75, 3.05) is 17.8 Å². The fourth-order valence-corrected chi connectivity index (χ4v) is 4.58. The molecule has 0 saturated carbocycles. The van der Waals surface area contributed by atoms with Crippen molar-refractivity contribution in [1.29, 1.82) is 5.41 Å². The number of hydrogen-bond donors (Lipinski definition) is 3. The molecule has 7 heteroatoms. The molecular weight excluding hydrogens is 410 g/mol. The maximum atomic E-state index is 12.7. The Labute approximate surface area is 182 Å². The van der Waals surface area contributed by atoms with Crippen LogP contribution in [0.5, 0.6) is 11.5 Å². The van der Waals surface area contributed by atoms with Crippen molar-refractivity contribution in [1.82, 2.24) is 0 Å². The number of amides is 1. The molecule has 1 amide bonds. The number of anilines is 2. The highest BCUT2D eigenvalue weighted by Crippen LogP contribution is 2.39. The van der Waals surface area contributed by atoms with E-state index in [9.17, 15) is 4.79 Å². The molecule has 0 atom stereocenters. The van der Waals surface area contributed by atoms with Crippen molar-refractivity contribution in [3.05, 3.63) is 71.8 Å². The second-order valence-electron chi connectivity index (χ2n) is 7.06. The molecule has 152 valence electrons. The van der Waals surface area contributed by atoms with Crippen LogP contribution in [-0.4, -0.2) is 18.9 Å². The second-order valence-corrected chi connectivity index (χ2v) is 8.15. The van der Waals surface area contributed by atoms with E-state index in [1.807, 2.05) is 24.3 Å². The van der Waals surface area contributed by atoms with Crippen molar-refractivity contribution in [3.63, 3.8) is 0 Å². The van der Waals surface area contributed by atoms with Gasteiger partial charge in [-0.05, 0) is 41.8 Å². The minimum atomic E-state index is -0.216. The Hall–Kier alpha value is -4.02. The highest BCUT2D eigenvalue weighted by molar-refractivity contribution is 7.22. The molecule has 0 radical (unpaired) electrons. The normalized spacial score (nSPS) is 11.9. The molecule has 4 N–H and O–H groups in total. The highest BCUT2D eigenvalue weighted by atomic mass is 32.1. The van der Waals surface area contributed by atoms with Gasteiger partial charge in [0.2, 0.25) is 18.4 Å². The van der Waals surface area contributed by atoms with E-state index in [0.29, 0.717) is 34.0 Å². The fourth-order valence-electron chi connectivity index (χ4n) is 3.48. The molecule has 31 heavy (non-hydrogen) atoms. The Kier molecular flexibility index (Phi) is 4.69. The van der Waals surface area contributed by atoms with Crippen molar-refractivity contribution < 1.29 is 14.3 Å². The van der Waals surface area contributed by atoms with Gasteiger partial charge in [-0.1, -0.05) is 24.3 Å². The summed E-state index contributed by atoms with van der Waals surface area (Å²) in [4.78, 5) is 13.6. The average Bonchev–Trinajstić information content (AvgIpc) is 3.41. The molecule has 0 bridgehead atoms. The van der Waals surface area contributed by atoms with Crippen molar-refractivity contribution in [2.45, 2.75) is 6.42 Å². The SMILES string of the molecule is N=Cc1cc(NC(=O)Cc2c#cc3c(c2)OCO3)cc(-c2cc3ccccc3s2)c1N. The zero-order valence-corrected chi connectivity index (χ0v) is 17.1. The van der Waals surface area contributed by atoms with E-state index >= 15 is 0 Å². The van der Waals surface area contributed by atoms with Crippen LogP contribution in [0.15, 0.2) is 48.5 Å². The molecule has 3 aromatic carbocycles. The summed E-state index contributed by atoms with van der Waals surface area (Å²) < 4.78 is 11.7. The summed E-state index contributed by atoms with van der Waals surface area (Å²) in [5.74, 6) is 0.852. The van der Waals surface area contributed by atoms with Gasteiger partial charge < -0.3 is 25.9 Å². The van der Waals surface area contributed by atoms with Crippen LogP contribution in [-0.2, 0) is 11.2 Å². The quantitative estimate of drug-likeness (QED) is 0.319. The lowest BCUT2D eigenvalue weighted by Crippen LogP contribution is -2.15. The van der Waals surface area contributed by atoms with E-state index in [1.54, 1.807) is 23.5 Å². The smallest absolute Gasteiger partial charge is 0.232 e. The van der Waals surface area contributed by atoms with Gasteiger partial charge in [0.1, 0.15) is 0 Å². The average molecular weight is 427 g/mol. The van der Waals surface area contributed by atoms with Gasteiger partial charge in [0.15, 0.2) is 5.75 Å². The van der Waals surface area contributed by atoms with Crippen LogP contribution in [0.2, 0.25) is 0 Å². The first-order chi connectivity index (χ1) is 15.1. The van der Waals surface area contributed by atoms with Crippen molar-refractivity contribution in [3.8, 4) is 21.9 Å². The number of nitrogens with one attached hydrogen (secondary N) is 2. The number of carbonyl (C=O) groups excluding carboxylic acids is 1. The molecule has 0 spiro atoms. The third-order valence-corrected chi connectivity index (χ3v) is 6.13. The minimum Gasteiger partial charge on any atom is -0.453 e. The Morgan fingerprint density at radius 3 is 2.90 bits per heavy atom. The predicted molar refractivity (Wildman–Crippen MR) is 122 cm³/mol. The maximum absolute atomic E-state index is 12.7. The molecule has 1 aliphatic rings. The van der Waals surface area contributed by atoms with Gasteiger partial charge in [0, 0.05) is 43.9 Å². The summed E-state index contributed by atoms with van der Waals surface area (Å²) in [6.45, 7) is 0.146. The number of nitrogen functional groups attached to an aromatic ring is 1. The molecule has 1 aliphatic heterocycles. The molecule has 4 aromatic rings. The van der Waals surface area contributed by atoms with Gasteiger partial charge in [-0.2, -0.15) is 0 Å². The standard InChI is InChI=1S/C24H17N3O3S/c25-12-16-9-17(27-23(28)8-14-5-6-19-20(7-14)30-13-29-19)11-18(24(16)26)22-10-15-3-1-2-4-21(15)31-22/h1-4,7,9-12,25H,8,13,26H2,(H,27,28). The number of nitrogens with two attached hydrogens (primary N) is 1. The second kappa shape index (κ2) is 7.67. The minimum absolute atomic E-state index is 0.107. The third kappa shape index (κ3) is 3.65. The number of rotatable bonds is 5. The van der Waals surface area contributed by atoms with E-state index in [4.69, 9.17) is 20.6 Å². The van der Waals surface area contributed by atoms with Crippen LogP contribution in [0.1, 0.15) is 11.1 Å². The van der Waals surface area contributed by atoms with Crippen molar-refractivity contribution >= 4 is 44.9 Å². The summed E-state index contributed by atoms with van der Waals surface area (Å²) in [6, 6.07) is 21.2. The Bertz CT molecular complexity index is 1300. The molecule has 0 unspecified atom stereocenters. The lowest BCUT2D eigenvalue weighted by atomic mass is 10.0. The highest BCUT2D eigenvalue weighted by Gasteiger charge is 2.16. The molecule has 2 heterocycles. The molecular formula is C24H17N3O3S. The topological polar surface area (TPSA) is 97.4 Å². The summed E-state index contributed by atoms with van der Waals surface area (Å²) in [5.41, 5.74) is 9.41. The molecule has 5 rings (SSSR count). The summed E-state index contributed by atoms with van der Waals surface area (Å²) >= 11 is 1.62. The molecule has 0 saturated heterocycles. The largest absolute Gasteiger partial charge is 0.453 e. The number of hydrogen-bond acceptors (Lipinski definition) is 6. The lowest BCUT2D eigenvalue weighted by Gasteiger charge is -2.12. The zero-order valence-electron chi connectivity index (χ0n) is 16.3. The zero-order chi connectivity index (χ0) is 21.4. The van der Waals surface area contributed by atoms with Crippen LogP contribution in [0.25, 0.3) is 20.5 Å². The first-order valence-corrected chi connectivity index (χ1v) is 10.4. The number of ether oxygens (including phenoxy) is 2. The van der Waals surface area contributed by atoms with E-state index < -0.39 is 0 Å². The van der Waals surface area contributed by atoms with Gasteiger partial charge in [0.25, 0.3) is 0 Å². The van der Waals surface area contributed by atoms with E-state index in [2.05, 4.69) is 29.6 Å². The first-order valence-electron chi connectivity index (χ1n) is 9.56. The van der Waals surface area contributed by atoms with Gasteiger partial charge in [-0.3, -0.25) is 4.79 Å². The van der Waals surface area contributed by atoms with Gasteiger partial charge in [0.05, 0.1) is 6.42 Å². The molecule has 0 fully saturated rings. The van der Waals surface area contributed by atoms with Crippen LogP contribution in [0.3, 0.4) is 0 Å². The summed E-state index contributed by atoms with van der Waals surface area (Å²) in [5, 5.41) is 11.8. The van der Waals surface area contributed by atoms with Gasteiger partial charge >= 0.3 is 0 Å². The lowest BCUT2D eigenvalue weighted by molar-refractivity contribution is -0.115. The summed E-state index contributed by atoms with van der Waals surface area (Å²) in [7, 11) is 0. The Morgan fingerprint density at radius 1 is 1.19 bits per heavy atom. The monoisotopic (exact) mass is 427 g/mol. The number of carbonyl (C=O) groups is 1. The van der Waals surface area contributed by atoms with E-state index in [0.717, 1.165) is 20.5 Å². The molecule has 1 aromatic heterocycles. The predicted octanol–water partition coefficient (Wildman–Crippen LogP) is 4.66. The van der Waals surface area contributed by atoms with E-state index in [-0.39, 0.29) is 19.1 Å². The number of thiophene rings is 1. The van der Waals surface area contributed by atoms with Crippen LogP contribution >= 0.6 is 11.3 Å². The third-order valence-electron chi connectivity index (χ3n) is 4.98. The first kappa shape index (κ1) is 19.0. The van der Waals surface area contributed by atoms with Crippen LogP contribution < -0.4 is 20.5 Å². The van der Waals surface area contributed by atoms with Gasteiger partial charge in [-0.15, -0.1) is 11.3 Å². The van der Waals surface area contributed by atoms with Crippen LogP contribution in [0, 0.1) is 17.5 Å². The molecule has 6 nitrogen and oxygen atoms in total. The number of fused-ring (bicyclic) bond motifs is 2. The van der Waals surface area contributed by atoms with E-state index in [1.165, 1.54) is 6.21 Å². The number of benzene rings is 2. The summed E-state index contributed by atoms with van der Waals surface area (Å²) in [6.07, 6.45) is 1.30.